The van der Waals surface area contributed by atoms with Crippen LogP contribution in [0.4, 0.5) is 0 Å². The molecule has 0 atom stereocenters. The van der Waals surface area contributed by atoms with Crippen molar-refractivity contribution in [3.63, 3.8) is 0 Å². The molecule has 0 aliphatic heterocycles. The van der Waals surface area contributed by atoms with E-state index in [-0.39, 0.29) is 18.8 Å². The maximum Gasteiger partial charge on any atom is 0.267 e. The van der Waals surface area contributed by atoms with E-state index in [1.54, 1.807) is 37.5 Å². The van der Waals surface area contributed by atoms with E-state index in [1.165, 1.54) is 0 Å². The largest absolute Gasteiger partial charge is 0.497 e. The van der Waals surface area contributed by atoms with Gasteiger partial charge in [0.05, 0.1) is 26.4 Å². The lowest BCUT2D eigenvalue weighted by molar-refractivity contribution is -0.117. The van der Waals surface area contributed by atoms with Crippen LogP contribution in [0.3, 0.4) is 0 Å². The Kier molecular flexibility index (Phi) is 9.37. The molecule has 0 radical (unpaired) electrons. The number of hydrogen-bond donors (Lipinski definition) is 3. The van der Waals surface area contributed by atoms with Crippen LogP contribution in [0.25, 0.3) is 6.08 Å². The van der Waals surface area contributed by atoms with Gasteiger partial charge in [-0.25, -0.2) is 0 Å². The molecule has 3 N–H and O–H groups in total. The van der Waals surface area contributed by atoms with E-state index in [2.05, 4.69) is 10.6 Å². The summed E-state index contributed by atoms with van der Waals surface area (Å²) < 4.78 is 16.7. The zero-order chi connectivity index (χ0) is 26.7. The van der Waals surface area contributed by atoms with Crippen LogP contribution in [-0.2, 0) is 11.2 Å². The highest BCUT2D eigenvalue weighted by Gasteiger charge is 2.23. The first kappa shape index (κ1) is 26.8. The van der Waals surface area contributed by atoms with Crippen LogP contribution in [0.15, 0.2) is 78.5 Å². The highest BCUT2D eigenvalue weighted by Crippen LogP contribution is 2.27. The minimum atomic E-state index is -0.496. The lowest BCUT2D eigenvalue weighted by atomic mass is 10.1. The maximum absolute atomic E-state index is 12.9. The van der Waals surface area contributed by atoms with Gasteiger partial charge in [0.15, 0.2) is 0 Å². The molecule has 0 spiro atoms. The number of methoxy groups -OCH3 is 1. The summed E-state index contributed by atoms with van der Waals surface area (Å²) >= 11 is 0. The summed E-state index contributed by atoms with van der Waals surface area (Å²) in [6.45, 7) is 0.350. The number of carbonyl (C=O) groups excluding carboxylic acids is 2. The average molecular weight is 517 g/mol. The molecule has 0 unspecified atom stereocenters. The molecule has 38 heavy (non-hydrogen) atoms. The third-order valence-corrected chi connectivity index (χ3v) is 5.84. The minimum Gasteiger partial charge on any atom is -0.497 e. The van der Waals surface area contributed by atoms with Crippen molar-refractivity contribution in [3.05, 3.63) is 95.2 Å². The van der Waals surface area contributed by atoms with E-state index in [4.69, 9.17) is 19.3 Å². The molecule has 8 heteroatoms. The van der Waals surface area contributed by atoms with Gasteiger partial charge in [-0.3, -0.25) is 9.59 Å². The molecule has 0 bridgehead atoms. The van der Waals surface area contributed by atoms with Crippen LogP contribution in [-0.4, -0.2) is 49.9 Å². The van der Waals surface area contributed by atoms with Gasteiger partial charge in [0.1, 0.15) is 22.9 Å². The molecule has 198 valence electrons. The Balaban J connectivity index is 1.36. The first-order valence-electron chi connectivity index (χ1n) is 12.6. The second kappa shape index (κ2) is 13.3. The zero-order valence-electron chi connectivity index (χ0n) is 21.3. The number of nitrogens with one attached hydrogen (secondary N) is 2. The molecule has 4 rings (SSSR count). The van der Waals surface area contributed by atoms with Gasteiger partial charge in [0.25, 0.3) is 11.8 Å². The number of ether oxygens (including phenoxy) is 3. The smallest absolute Gasteiger partial charge is 0.267 e. The maximum atomic E-state index is 12.9. The molecule has 1 aliphatic carbocycles. The van der Waals surface area contributed by atoms with E-state index >= 15 is 0 Å². The highest BCUT2D eigenvalue weighted by molar-refractivity contribution is 6.05. The minimum absolute atomic E-state index is 0.0686. The number of benzene rings is 3. The number of aliphatic hydroxyl groups is 1. The van der Waals surface area contributed by atoms with Crippen molar-refractivity contribution in [2.45, 2.75) is 25.4 Å². The van der Waals surface area contributed by atoms with Crippen molar-refractivity contribution in [3.8, 4) is 17.2 Å². The van der Waals surface area contributed by atoms with E-state index < -0.39 is 11.8 Å². The summed E-state index contributed by atoms with van der Waals surface area (Å²) in [6.07, 6.45) is 4.75. The molecule has 0 heterocycles. The van der Waals surface area contributed by atoms with Gasteiger partial charge in [0, 0.05) is 18.5 Å². The summed E-state index contributed by atoms with van der Waals surface area (Å²) in [6, 6.07) is 21.8. The Hall–Kier alpha value is -4.30. The highest BCUT2D eigenvalue weighted by atomic mass is 16.5. The third kappa shape index (κ3) is 8.11. The topological polar surface area (TPSA) is 106 Å². The molecular formula is C30H32N2O6. The first-order valence-corrected chi connectivity index (χ1v) is 12.6. The van der Waals surface area contributed by atoms with Crippen LogP contribution >= 0.6 is 0 Å². The van der Waals surface area contributed by atoms with Gasteiger partial charge in [-0.05, 0) is 78.6 Å². The lowest BCUT2D eigenvalue weighted by Gasteiger charge is -2.12. The molecule has 0 aromatic heterocycles. The van der Waals surface area contributed by atoms with Crippen LogP contribution in [0.5, 0.6) is 17.2 Å². The molecule has 1 fully saturated rings. The predicted molar refractivity (Wildman–Crippen MR) is 144 cm³/mol. The fourth-order valence-electron chi connectivity index (χ4n) is 3.59. The van der Waals surface area contributed by atoms with E-state index in [1.807, 2.05) is 48.5 Å². The Morgan fingerprint density at radius 2 is 1.58 bits per heavy atom. The van der Waals surface area contributed by atoms with Crippen LogP contribution in [0.1, 0.15) is 34.3 Å². The average Bonchev–Trinajstić information content (AvgIpc) is 3.77. The second-order valence-electron chi connectivity index (χ2n) is 8.85. The SMILES string of the molecule is COc1ccc(CCOc2ccc(C(=O)NC(=Cc3ccc(OC4CC4)cc3)C(=O)NCCO)cc2)cc1. The number of amides is 2. The van der Waals surface area contributed by atoms with Gasteiger partial charge in [-0.15, -0.1) is 0 Å². The molecule has 8 nitrogen and oxygen atoms in total. The second-order valence-corrected chi connectivity index (χ2v) is 8.85. The zero-order valence-corrected chi connectivity index (χ0v) is 21.3. The Bertz CT molecular complexity index is 1230. The quantitative estimate of drug-likeness (QED) is 0.299. The molecule has 3 aromatic rings. The predicted octanol–water partition coefficient (Wildman–Crippen LogP) is 3.74. The van der Waals surface area contributed by atoms with Gasteiger partial charge in [-0.2, -0.15) is 0 Å². The summed E-state index contributed by atoms with van der Waals surface area (Å²) in [4.78, 5) is 25.6. The molecule has 0 saturated heterocycles. The Morgan fingerprint density at radius 3 is 2.21 bits per heavy atom. The van der Waals surface area contributed by atoms with Gasteiger partial charge in [-0.1, -0.05) is 24.3 Å². The molecule has 1 saturated carbocycles. The van der Waals surface area contributed by atoms with E-state index in [0.29, 0.717) is 24.0 Å². The Labute approximate surface area is 222 Å². The van der Waals surface area contributed by atoms with Gasteiger partial charge < -0.3 is 30.0 Å². The monoisotopic (exact) mass is 516 g/mol. The standard InChI is InChI=1S/C30H32N2O6/c1-36-24-8-2-21(3-9-24)16-19-37-25-12-6-23(7-13-25)29(34)32-28(30(35)31-17-18-33)20-22-4-10-26(11-5-22)38-27-14-15-27/h2-13,20,27,33H,14-19H2,1H3,(H,31,35)(H,32,34). The molecule has 2 amide bonds. The molecule has 1 aliphatic rings. The summed E-state index contributed by atoms with van der Waals surface area (Å²) in [5.41, 5.74) is 2.30. The van der Waals surface area contributed by atoms with Gasteiger partial charge in [0.2, 0.25) is 0 Å². The number of rotatable bonds is 13. The number of aliphatic hydroxyl groups excluding tert-OH is 1. The summed E-state index contributed by atoms with van der Waals surface area (Å²) in [5, 5.41) is 14.3. The van der Waals surface area contributed by atoms with E-state index in [9.17, 15) is 9.59 Å². The van der Waals surface area contributed by atoms with Crippen molar-refractivity contribution in [1.29, 1.82) is 0 Å². The van der Waals surface area contributed by atoms with E-state index in [0.717, 1.165) is 41.9 Å². The summed E-state index contributed by atoms with van der Waals surface area (Å²) in [7, 11) is 1.63. The van der Waals surface area contributed by atoms with Crippen molar-refractivity contribution in [2.24, 2.45) is 0 Å². The van der Waals surface area contributed by atoms with Crippen LogP contribution in [0, 0.1) is 0 Å². The van der Waals surface area contributed by atoms with Crippen LogP contribution < -0.4 is 24.8 Å². The summed E-state index contributed by atoms with van der Waals surface area (Å²) in [5.74, 6) is 1.29. The molecule has 3 aromatic carbocycles. The Morgan fingerprint density at radius 1 is 0.921 bits per heavy atom. The fourth-order valence-corrected chi connectivity index (χ4v) is 3.59. The van der Waals surface area contributed by atoms with Crippen molar-refractivity contribution < 1.29 is 28.9 Å². The lowest BCUT2D eigenvalue weighted by Crippen LogP contribution is -2.36. The molecular weight excluding hydrogens is 484 g/mol. The van der Waals surface area contributed by atoms with Crippen LogP contribution in [0.2, 0.25) is 0 Å². The number of carbonyl (C=O) groups is 2. The fraction of sp³-hybridized carbons (Fsp3) is 0.267. The van der Waals surface area contributed by atoms with Gasteiger partial charge >= 0.3 is 0 Å². The van der Waals surface area contributed by atoms with Crippen molar-refractivity contribution in [1.82, 2.24) is 10.6 Å². The first-order chi connectivity index (χ1) is 18.5. The van der Waals surface area contributed by atoms with Crippen molar-refractivity contribution in [2.75, 3.05) is 26.9 Å². The normalized spacial score (nSPS) is 12.9. The van der Waals surface area contributed by atoms with Crippen molar-refractivity contribution >= 4 is 17.9 Å². The number of hydrogen-bond acceptors (Lipinski definition) is 6. The third-order valence-electron chi connectivity index (χ3n) is 5.84.